The number of hydrogen-bond donors (Lipinski definition) is 1. The van der Waals surface area contributed by atoms with Crippen LogP contribution >= 0.6 is 11.6 Å². The zero-order valence-electron chi connectivity index (χ0n) is 16.6. The van der Waals surface area contributed by atoms with Crippen LogP contribution < -0.4 is 4.74 Å². The Hall–Kier alpha value is -1.83. The van der Waals surface area contributed by atoms with Crippen molar-refractivity contribution in [3.05, 3.63) is 28.8 Å². The molecule has 158 valence electrons. The molecule has 0 radical (unpaired) electrons. The molecule has 1 N–H and O–H groups in total. The highest BCUT2D eigenvalue weighted by Crippen LogP contribution is 2.52. The van der Waals surface area contributed by atoms with E-state index in [0.717, 1.165) is 30.6 Å². The molecule has 7 nitrogen and oxygen atoms in total. The van der Waals surface area contributed by atoms with E-state index in [4.69, 9.17) is 30.9 Å². The van der Waals surface area contributed by atoms with Crippen LogP contribution in [0.25, 0.3) is 0 Å². The summed E-state index contributed by atoms with van der Waals surface area (Å²) in [5.41, 5.74) is 0.510. The Morgan fingerprint density at radius 1 is 1.34 bits per heavy atom. The van der Waals surface area contributed by atoms with Crippen LogP contribution in [0.15, 0.2) is 18.2 Å². The highest BCUT2D eigenvalue weighted by molar-refractivity contribution is 6.30. The Labute approximate surface area is 174 Å². The normalized spacial score (nSPS) is 29.8. The van der Waals surface area contributed by atoms with Crippen molar-refractivity contribution in [2.75, 3.05) is 19.8 Å². The lowest BCUT2D eigenvalue weighted by molar-refractivity contribution is -0.194. The zero-order valence-corrected chi connectivity index (χ0v) is 17.4. The molecule has 1 aromatic carbocycles. The fourth-order valence-electron chi connectivity index (χ4n) is 4.88. The van der Waals surface area contributed by atoms with Gasteiger partial charge in [-0.1, -0.05) is 11.6 Å². The number of likely N-dealkylation sites (tertiary alicyclic amines) is 1. The largest absolute Gasteiger partial charge is 0.487 e. The van der Waals surface area contributed by atoms with E-state index in [9.17, 15) is 9.59 Å². The molecule has 1 amide bonds. The molecule has 0 spiro atoms. The average Bonchev–Trinajstić information content (AvgIpc) is 2.66. The molecule has 3 aliphatic heterocycles. The first kappa shape index (κ1) is 20.4. The standard InChI is InChI=1S/C21H26ClNO6/c1-21(2)14-9-15-17(4-3-7-23(15)18(24)10-27-11-19(25)26)28-20(14)13-8-12(22)5-6-16(13)29-21/h5-6,8,14-15,17,20H,3-4,7,9-11H2,1-2H3,(H,25,26)/t14-,15-,17-,20+/m0/s1. The van der Waals surface area contributed by atoms with Gasteiger partial charge in [-0.15, -0.1) is 0 Å². The third-order valence-electron chi connectivity index (χ3n) is 6.22. The van der Waals surface area contributed by atoms with Crippen molar-refractivity contribution in [1.29, 1.82) is 0 Å². The lowest BCUT2D eigenvalue weighted by atomic mass is 9.72. The van der Waals surface area contributed by atoms with Gasteiger partial charge in [0.05, 0.1) is 18.2 Å². The summed E-state index contributed by atoms with van der Waals surface area (Å²) >= 11 is 6.23. The molecule has 8 heteroatoms. The minimum atomic E-state index is -1.09. The Morgan fingerprint density at radius 3 is 2.90 bits per heavy atom. The van der Waals surface area contributed by atoms with Crippen LogP contribution in [0, 0.1) is 5.92 Å². The van der Waals surface area contributed by atoms with Crippen LogP contribution in [0.1, 0.15) is 44.8 Å². The molecule has 2 saturated heterocycles. The molecule has 0 unspecified atom stereocenters. The lowest BCUT2D eigenvalue weighted by Crippen LogP contribution is -2.60. The van der Waals surface area contributed by atoms with Crippen molar-refractivity contribution < 1.29 is 28.9 Å². The summed E-state index contributed by atoms with van der Waals surface area (Å²) in [6.45, 7) is 4.02. The molecule has 2 fully saturated rings. The molecular weight excluding hydrogens is 398 g/mol. The Morgan fingerprint density at radius 2 is 2.14 bits per heavy atom. The molecule has 0 aromatic heterocycles. The number of carbonyl (C=O) groups excluding carboxylic acids is 1. The summed E-state index contributed by atoms with van der Waals surface area (Å²) in [7, 11) is 0. The van der Waals surface area contributed by atoms with Crippen LogP contribution in [0.4, 0.5) is 0 Å². The maximum absolute atomic E-state index is 12.7. The summed E-state index contributed by atoms with van der Waals surface area (Å²) in [4.78, 5) is 25.1. The number of amides is 1. The molecular formula is C21H26ClNO6. The molecule has 29 heavy (non-hydrogen) atoms. The first-order valence-electron chi connectivity index (χ1n) is 9.99. The molecule has 4 atom stereocenters. The highest BCUT2D eigenvalue weighted by atomic mass is 35.5. The monoisotopic (exact) mass is 423 g/mol. The first-order chi connectivity index (χ1) is 13.8. The third-order valence-corrected chi connectivity index (χ3v) is 6.45. The van der Waals surface area contributed by atoms with E-state index < -0.39 is 18.2 Å². The summed E-state index contributed by atoms with van der Waals surface area (Å²) in [5.74, 6) is -0.425. The van der Waals surface area contributed by atoms with Crippen molar-refractivity contribution in [3.8, 4) is 5.75 Å². The first-order valence-corrected chi connectivity index (χ1v) is 10.4. The van der Waals surface area contributed by atoms with Gasteiger partial charge in [-0.25, -0.2) is 4.79 Å². The number of aliphatic carboxylic acids is 1. The molecule has 0 aliphatic carbocycles. The van der Waals surface area contributed by atoms with Gasteiger partial charge < -0.3 is 24.2 Å². The number of carbonyl (C=O) groups is 2. The van der Waals surface area contributed by atoms with Crippen LogP contribution in [0.5, 0.6) is 5.75 Å². The SMILES string of the molecule is CC1(C)Oc2ccc(Cl)cc2[C@H]2O[C@H]3CCCN(C(=O)COCC(=O)O)[C@H]3C[C@@H]21. The Balaban J connectivity index is 1.56. The lowest BCUT2D eigenvalue weighted by Gasteiger charge is -2.54. The van der Waals surface area contributed by atoms with E-state index in [2.05, 4.69) is 13.8 Å². The number of hydrogen-bond acceptors (Lipinski definition) is 5. The van der Waals surface area contributed by atoms with Gasteiger partial charge in [0.25, 0.3) is 0 Å². The van der Waals surface area contributed by atoms with Gasteiger partial charge in [-0.2, -0.15) is 0 Å². The summed E-state index contributed by atoms with van der Waals surface area (Å²) in [6.07, 6.45) is 2.26. The van der Waals surface area contributed by atoms with Gasteiger partial charge in [0.15, 0.2) is 0 Å². The molecule has 3 aliphatic rings. The predicted octanol–water partition coefficient (Wildman–Crippen LogP) is 3.05. The fraction of sp³-hybridized carbons (Fsp3) is 0.619. The van der Waals surface area contributed by atoms with Gasteiger partial charge in [0, 0.05) is 23.0 Å². The van der Waals surface area contributed by atoms with Crippen molar-refractivity contribution >= 4 is 23.5 Å². The smallest absolute Gasteiger partial charge is 0.329 e. The molecule has 0 saturated carbocycles. The van der Waals surface area contributed by atoms with Crippen molar-refractivity contribution in [3.63, 3.8) is 0 Å². The van der Waals surface area contributed by atoms with E-state index in [1.165, 1.54) is 0 Å². The summed E-state index contributed by atoms with van der Waals surface area (Å²) in [6, 6.07) is 5.55. The Kier molecular flexibility index (Phi) is 5.48. The van der Waals surface area contributed by atoms with Crippen molar-refractivity contribution in [2.24, 2.45) is 5.92 Å². The van der Waals surface area contributed by atoms with Crippen LogP contribution in [-0.4, -0.2) is 59.4 Å². The number of carboxylic acids is 1. The van der Waals surface area contributed by atoms with Gasteiger partial charge in [-0.05, 0) is 51.3 Å². The second kappa shape index (κ2) is 7.78. The minimum absolute atomic E-state index is 0.0584. The quantitative estimate of drug-likeness (QED) is 0.801. The van der Waals surface area contributed by atoms with Crippen LogP contribution in [-0.2, 0) is 19.1 Å². The van der Waals surface area contributed by atoms with Gasteiger partial charge in [-0.3, -0.25) is 4.79 Å². The van der Waals surface area contributed by atoms with Crippen molar-refractivity contribution in [1.82, 2.24) is 4.90 Å². The van der Waals surface area contributed by atoms with Crippen LogP contribution in [0.2, 0.25) is 5.02 Å². The van der Waals surface area contributed by atoms with E-state index in [1.54, 1.807) is 4.90 Å². The van der Waals surface area contributed by atoms with E-state index in [-0.39, 0.29) is 36.7 Å². The maximum atomic E-state index is 12.7. The number of halogens is 1. The second-order valence-corrected chi connectivity index (χ2v) is 8.94. The number of carboxylic acid groups (broad SMARTS) is 1. The third kappa shape index (κ3) is 3.96. The fourth-order valence-corrected chi connectivity index (χ4v) is 5.06. The predicted molar refractivity (Wildman–Crippen MR) is 105 cm³/mol. The Bertz CT molecular complexity index is 812. The number of nitrogens with zero attached hydrogens (tertiary/aromatic N) is 1. The number of piperidine rings is 1. The highest BCUT2D eigenvalue weighted by Gasteiger charge is 2.52. The van der Waals surface area contributed by atoms with E-state index in [1.807, 2.05) is 18.2 Å². The van der Waals surface area contributed by atoms with Crippen molar-refractivity contribution in [2.45, 2.75) is 57.0 Å². The summed E-state index contributed by atoms with van der Waals surface area (Å²) in [5, 5.41) is 9.36. The van der Waals surface area contributed by atoms with Gasteiger partial charge in [0.2, 0.25) is 5.91 Å². The summed E-state index contributed by atoms with van der Waals surface area (Å²) < 4.78 is 17.9. The number of fused-ring (bicyclic) bond motifs is 4. The van der Waals surface area contributed by atoms with Crippen LogP contribution in [0.3, 0.4) is 0 Å². The van der Waals surface area contributed by atoms with Gasteiger partial charge >= 0.3 is 5.97 Å². The molecule has 1 aromatic rings. The zero-order chi connectivity index (χ0) is 20.8. The van der Waals surface area contributed by atoms with Gasteiger partial charge in [0.1, 0.15) is 24.6 Å². The minimum Gasteiger partial charge on any atom is -0.487 e. The molecule has 0 bridgehead atoms. The maximum Gasteiger partial charge on any atom is 0.329 e. The number of ether oxygens (including phenoxy) is 3. The number of benzene rings is 1. The average molecular weight is 424 g/mol. The molecule has 4 rings (SSSR count). The number of rotatable bonds is 4. The second-order valence-electron chi connectivity index (χ2n) is 8.51. The van der Waals surface area contributed by atoms with E-state index >= 15 is 0 Å². The van der Waals surface area contributed by atoms with E-state index in [0.29, 0.717) is 11.6 Å². The molecule has 3 heterocycles. The topological polar surface area (TPSA) is 85.3 Å².